The van der Waals surface area contributed by atoms with E-state index in [4.69, 9.17) is 11.5 Å². The highest BCUT2D eigenvalue weighted by Crippen LogP contribution is 2.42. The number of nitrogen functional groups attached to an aromatic ring is 2. The Bertz CT molecular complexity index is 649. The van der Waals surface area contributed by atoms with Crippen molar-refractivity contribution in [1.29, 1.82) is 0 Å². The number of hydrogen-bond acceptors (Lipinski definition) is 9. The van der Waals surface area contributed by atoms with E-state index >= 15 is 0 Å². The molecule has 3 rings (SSSR count). The van der Waals surface area contributed by atoms with Gasteiger partial charge >= 0.3 is 0 Å². The first kappa shape index (κ1) is 13.4. The highest BCUT2D eigenvalue weighted by molar-refractivity contribution is 8.00. The first-order valence-corrected chi connectivity index (χ1v) is 6.85. The van der Waals surface area contributed by atoms with Crippen molar-refractivity contribution in [2.24, 2.45) is 0 Å². The lowest BCUT2D eigenvalue weighted by Gasteiger charge is -2.17. The molecule has 7 N–H and O–H groups in total. The van der Waals surface area contributed by atoms with Crippen LogP contribution in [0.2, 0.25) is 0 Å². The molecule has 0 radical (unpaired) electrons. The van der Waals surface area contributed by atoms with Crippen molar-refractivity contribution in [3.63, 3.8) is 0 Å². The van der Waals surface area contributed by atoms with Crippen LogP contribution in [0.1, 0.15) is 5.37 Å². The van der Waals surface area contributed by atoms with Crippen LogP contribution in [-0.4, -0.2) is 58.9 Å². The molecule has 3 heterocycles. The van der Waals surface area contributed by atoms with E-state index < -0.39 is 22.8 Å². The minimum absolute atomic E-state index is 0.00786. The Morgan fingerprint density at radius 2 is 2.00 bits per heavy atom. The number of fused-ring (bicyclic) bond motifs is 1. The van der Waals surface area contributed by atoms with E-state index in [2.05, 4.69) is 15.0 Å². The Kier molecular flexibility index (Phi) is 3.17. The fourth-order valence-corrected chi connectivity index (χ4v) is 3.63. The lowest BCUT2D eigenvalue weighted by molar-refractivity contribution is 0.0113. The summed E-state index contributed by atoms with van der Waals surface area (Å²) in [5.41, 5.74) is 12.1. The van der Waals surface area contributed by atoms with Gasteiger partial charge in [-0.25, -0.2) is 4.98 Å². The summed E-state index contributed by atoms with van der Waals surface area (Å²) in [5, 5.41) is 28.1. The van der Waals surface area contributed by atoms with Crippen LogP contribution >= 0.6 is 11.8 Å². The summed E-state index contributed by atoms with van der Waals surface area (Å²) in [5.74, 6) is 0.163. The van der Waals surface area contributed by atoms with Crippen LogP contribution in [0.4, 0.5) is 11.8 Å². The maximum absolute atomic E-state index is 10.1. The maximum atomic E-state index is 10.1. The number of hydrogen-bond donors (Lipinski definition) is 5. The quantitative estimate of drug-likeness (QED) is 0.436. The summed E-state index contributed by atoms with van der Waals surface area (Å²) in [4.78, 5) is 12.0. The molecule has 0 aromatic carbocycles. The predicted molar refractivity (Wildman–Crippen MR) is 73.7 cm³/mol. The van der Waals surface area contributed by atoms with Crippen molar-refractivity contribution in [2.45, 2.75) is 22.8 Å². The summed E-state index contributed by atoms with van der Waals surface area (Å²) in [7, 11) is 0. The van der Waals surface area contributed by atoms with E-state index in [9.17, 15) is 15.3 Å². The lowest BCUT2D eigenvalue weighted by atomic mass is 10.1. The monoisotopic (exact) mass is 298 g/mol. The van der Waals surface area contributed by atoms with Gasteiger partial charge in [-0.15, -0.1) is 11.8 Å². The van der Waals surface area contributed by atoms with Crippen molar-refractivity contribution in [3.8, 4) is 0 Å². The summed E-state index contributed by atoms with van der Waals surface area (Å²) in [6, 6.07) is 0. The van der Waals surface area contributed by atoms with Crippen LogP contribution < -0.4 is 11.5 Å². The van der Waals surface area contributed by atoms with Crippen molar-refractivity contribution in [2.75, 3.05) is 18.1 Å². The highest BCUT2D eigenvalue weighted by Gasteiger charge is 2.43. The fraction of sp³-hybridized carbons (Fsp3) is 0.500. The SMILES string of the molecule is Nc1nc(N)c2ncn([C@H]3S[C@H](CO)[C@@H](O)[C@@H]3O)c2n1. The number of imidazole rings is 1. The molecule has 2 aromatic rings. The third-order valence-electron chi connectivity index (χ3n) is 3.26. The predicted octanol–water partition coefficient (Wildman–Crippen LogP) is -1.68. The number of thioether (sulfide) groups is 1. The molecule has 0 amide bonds. The van der Waals surface area contributed by atoms with Crippen LogP contribution in [0, 0.1) is 0 Å². The van der Waals surface area contributed by atoms with Gasteiger partial charge in [0.1, 0.15) is 17.0 Å². The molecular formula is C10H14N6O3S. The first-order chi connectivity index (χ1) is 9.52. The van der Waals surface area contributed by atoms with Gasteiger partial charge in [0.25, 0.3) is 0 Å². The average Bonchev–Trinajstić information content (AvgIpc) is 2.93. The van der Waals surface area contributed by atoms with Gasteiger partial charge < -0.3 is 26.8 Å². The van der Waals surface area contributed by atoms with E-state index in [0.29, 0.717) is 11.2 Å². The van der Waals surface area contributed by atoms with E-state index in [1.54, 1.807) is 4.57 Å². The van der Waals surface area contributed by atoms with E-state index in [0.717, 1.165) is 0 Å². The lowest BCUT2D eigenvalue weighted by Crippen LogP contribution is -2.32. The molecule has 9 nitrogen and oxygen atoms in total. The summed E-state index contributed by atoms with van der Waals surface area (Å²) in [6.45, 7) is -0.231. The molecule has 0 aliphatic carbocycles. The molecule has 1 saturated heterocycles. The van der Waals surface area contributed by atoms with Gasteiger partial charge in [0.2, 0.25) is 5.95 Å². The van der Waals surface area contributed by atoms with Gasteiger partial charge in [-0.05, 0) is 0 Å². The van der Waals surface area contributed by atoms with Crippen LogP contribution in [-0.2, 0) is 0 Å². The number of aliphatic hydroxyl groups is 3. The van der Waals surface area contributed by atoms with E-state index in [-0.39, 0.29) is 18.4 Å². The Balaban J connectivity index is 2.07. The molecule has 10 heteroatoms. The second kappa shape index (κ2) is 4.74. The molecule has 0 saturated carbocycles. The van der Waals surface area contributed by atoms with Crippen molar-refractivity contribution in [1.82, 2.24) is 19.5 Å². The van der Waals surface area contributed by atoms with Crippen LogP contribution in [0.5, 0.6) is 0 Å². The zero-order valence-corrected chi connectivity index (χ0v) is 11.1. The second-order valence-electron chi connectivity index (χ2n) is 4.52. The molecule has 108 valence electrons. The van der Waals surface area contributed by atoms with Gasteiger partial charge in [-0.1, -0.05) is 0 Å². The molecule has 4 atom stereocenters. The number of aromatic nitrogens is 4. The van der Waals surface area contributed by atoms with Gasteiger partial charge in [0, 0.05) is 0 Å². The van der Waals surface area contributed by atoms with Crippen molar-refractivity contribution < 1.29 is 15.3 Å². The molecule has 0 spiro atoms. The molecule has 1 aliphatic heterocycles. The number of nitrogens with zero attached hydrogens (tertiary/aromatic N) is 4. The normalized spacial score (nSPS) is 30.1. The molecule has 1 aliphatic rings. The Hall–Kier alpha value is -1.62. The molecule has 1 fully saturated rings. The smallest absolute Gasteiger partial charge is 0.224 e. The Morgan fingerprint density at radius 3 is 2.65 bits per heavy atom. The third kappa shape index (κ3) is 1.88. The standard InChI is InChI=1S/C10H14N6O3S/c11-7-4-8(15-10(12)14-7)16(2-13-4)9-6(19)5(18)3(1-17)20-9/h2-3,5-6,9,17-19H,1H2,(H4,11,12,14,15)/t3-,5-,6+,9+/m1/s1. The largest absolute Gasteiger partial charge is 0.395 e. The number of anilines is 2. The summed E-state index contributed by atoms with van der Waals surface area (Å²) >= 11 is 1.24. The molecule has 2 aromatic heterocycles. The molecule has 0 unspecified atom stereocenters. The fourth-order valence-electron chi connectivity index (χ4n) is 2.25. The van der Waals surface area contributed by atoms with Crippen LogP contribution in [0.3, 0.4) is 0 Å². The average molecular weight is 298 g/mol. The van der Waals surface area contributed by atoms with E-state index in [1.165, 1.54) is 18.1 Å². The first-order valence-electron chi connectivity index (χ1n) is 5.91. The van der Waals surface area contributed by atoms with Crippen molar-refractivity contribution in [3.05, 3.63) is 6.33 Å². The topological polar surface area (TPSA) is 156 Å². The van der Waals surface area contributed by atoms with E-state index in [1.807, 2.05) is 0 Å². The van der Waals surface area contributed by atoms with Gasteiger partial charge in [-0.2, -0.15) is 9.97 Å². The van der Waals surface area contributed by atoms with Crippen LogP contribution in [0.25, 0.3) is 11.2 Å². The second-order valence-corrected chi connectivity index (χ2v) is 5.88. The molecule has 0 bridgehead atoms. The summed E-state index contributed by atoms with van der Waals surface area (Å²) < 4.78 is 1.58. The zero-order chi connectivity index (χ0) is 14.4. The van der Waals surface area contributed by atoms with Crippen LogP contribution in [0.15, 0.2) is 6.33 Å². The molecule has 20 heavy (non-hydrogen) atoms. The minimum atomic E-state index is -1.05. The summed E-state index contributed by atoms with van der Waals surface area (Å²) in [6.07, 6.45) is -0.612. The third-order valence-corrected chi connectivity index (χ3v) is 4.82. The van der Waals surface area contributed by atoms with Gasteiger partial charge in [0.15, 0.2) is 11.5 Å². The minimum Gasteiger partial charge on any atom is -0.395 e. The maximum Gasteiger partial charge on any atom is 0.224 e. The van der Waals surface area contributed by atoms with Crippen molar-refractivity contribution >= 4 is 34.7 Å². The van der Waals surface area contributed by atoms with Gasteiger partial charge in [-0.3, -0.25) is 4.57 Å². The highest BCUT2D eigenvalue weighted by atomic mass is 32.2. The number of rotatable bonds is 2. The number of aliphatic hydroxyl groups excluding tert-OH is 3. The Labute approximate surface area is 117 Å². The molecular weight excluding hydrogens is 284 g/mol. The number of nitrogens with two attached hydrogens (primary N) is 2. The Morgan fingerprint density at radius 1 is 1.25 bits per heavy atom. The zero-order valence-electron chi connectivity index (χ0n) is 10.3. The van der Waals surface area contributed by atoms with Gasteiger partial charge in [0.05, 0.1) is 24.3 Å².